The highest BCUT2D eigenvalue weighted by Crippen LogP contribution is 2.23. The lowest BCUT2D eigenvalue weighted by atomic mass is 10.1. The van der Waals surface area contributed by atoms with Crippen LogP contribution in [0.15, 0.2) is 0 Å². The molecule has 0 aromatic rings. The summed E-state index contributed by atoms with van der Waals surface area (Å²) >= 11 is 4.16. The van der Waals surface area contributed by atoms with Gasteiger partial charge in [0.2, 0.25) is 0 Å². The Morgan fingerprint density at radius 2 is 2.19 bits per heavy atom. The first-order valence-corrected chi connectivity index (χ1v) is 7.77. The average Bonchev–Trinajstić information content (AvgIpc) is 2.15. The van der Waals surface area contributed by atoms with Gasteiger partial charge in [-0.2, -0.15) is 25.7 Å². The van der Waals surface area contributed by atoms with Gasteiger partial charge in [-0.05, 0) is 6.42 Å². The molecule has 2 atom stereocenters. The average molecular weight is 270 g/mol. The molecule has 0 aromatic heterocycles. The fraction of sp³-hybridized carbons (Fsp3) is 1.00. The van der Waals surface area contributed by atoms with Crippen molar-refractivity contribution in [3.05, 3.63) is 0 Å². The van der Waals surface area contributed by atoms with Crippen molar-refractivity contribution in [1.29, 1.82) is 0 Å². The molecule has 0 bridgehead atoms. The summed E-state index contributed by atoms with van der Waals surface area (Å²) in [5.74, 6) is 0.589. The zero-order valence-electron chi connectivity index (χ0n) is 9.76. The van der Waals surface area contributed by atoms with Crippen molar-refractivity contribution in [1.82, 2.24) is 0 Å². The van der Waals surface area contributed by atoms with Crippen LogP contribution >= 0.6 is 12.6 Å². The predicted octanol–water partition coefficient (Wildman–Crippen LogP) is 0.433. The van der Waals surface area contributed by atoms with Gasteiger partial charge in [0.05, 0.1) is 6.26 Å². The molecule has 0 aromatic carbocycles. The van der Waals surface area contributed by atoms with E-state index in [2.05, 4.69) is 12.6 Å². The molecule has 96 valence electrons. The number of ether oxygens (including phenoxy) is 1. The van der Waals surface area contributed by atoms with Gasteiger partial charge in [-0.15, -0.1) is 0 Å². The summed E-state index contributed by atoms with van der Waals surface area (Å²) in [7, 11) is -1.81. The van der Waals surface area contributed by atoms with Gasteiger partial charge in [-0.3, -0.25) is 0 Å². The minimum Gasteiger partial charge on any atom is -0.375 e. The first-order chi connectivity index (χ1) is 7.41. The number of nitrogens with zero attached hydrogens (tertiary/aromatic N) is 1. The molecule has 5 nitrogen and oxygen atoms in total. The highest BCUT2D eigenvalue weighted by atomic mass is 32.2. The molecule has 0 spiro atoms. The van der Waals surface area contributed by atoms with Crippen molar-refractivity contribution in [3.63, 3.8) is 0 Å². The Labute approximate surface area is 103 Å². The van der Waals surface area contributed by atoms with Gasteiger partial charge in [0.15, 0.2) is 0 Å². The third kappa shape index (κ3) is 4.21. The van der Waals surface area contributed by atoms with E-state index in [4.69, 9.17) is 9.02 Å². The van der Waals surface area contributed by atoms with Crippen molar-refractivity contribution in [2.45, 2.75) is 18.9 Å². The Morgan fingerprint density at radius 1 is 1.50 bits per heavy atom. The number of hydroxylamine groups is 3. The highest BCUT2D eigenvalue weighted by Gasteiger charge is 2.40. The topological polar surface area (TPSA) is 52.6 Å². The number of quaternary nitrogens is 1. The molecule has 1 saturated heterocycles. The van der Waals surface area contributed by atoms with E-state index in [-0.39, 0.29) is 10.8 Å². The maximum atomic E-state index is 11.3. The van der Waals surface area contributed by atoms with Gasteiger partial charge in [-0.1, -0.05) is 4.28 Å². The van der Waals surface area contributed by atoms with E-state index in [1.54, 1.807) is 7.11 Å². The maximum Gasteiger partial charge on any atom is 0.311 e. The first kappa shape index (κ1) is 14.2. The summed E-state index contributed by atoms with van der Waals surface area (Å²) in [4.78, 5) is 0. The van der Waals surface area contributed by atoms with Gasteiger partial charge in [0.1, 0.15) is 25.7 Å². The maximum absolute atomic E-state index is 11.3. The highest BCUT2D eigenvalue weighted by molar-refractivity contribution is 7.85. The number of hydrogen-bond donors (Lipinski definition) is 1. The number of hydrogen-bond acceptors (Lipinski definition) is 5. The van der Waals surface area contributed by atoms with E-state index in [0.29, 0.717) is 25.4 Å². The Balaban J connectivity index is 2.78. The van der Waals surface area contributed by atoms with E-state index in [1.807, 2.05) is 0 Å². The molecular weight excluding hydrogens is 250 g/mol. The fourth-order valence-electron chi connectivity index (χ4n) is 2.13. The van der Waals surface area contributed by atoms with Gasteiger partial charge < -0.3 is 4.74 Å². The molecule has 0 amide bonds. The molecule has 0 aliphatic carbocycles. The van der Waals surface area contributed by atoms with Crippen LogP contribution in [0.5, 0.6) is 0 Å². The minimum absolute atomic E-state index is 0.0652. The Morgan fingerprint density at radius 3 is 2.69 bits per heavy atom. The zero-order chi connectivity index (χ0) is 12.2. The Bertz CT molecular complexity index is 315. The van der Waals surface area contributed by atoms with E-state index in [0.717, 1.165) is 19.1 Å². The van der Waals surface area contributed by atoms with E-state index >= 15 is 0 Å². The van der Waals surface area contributed by atoms with Crippen LogP contribution in [0.3, 0.4) is 0 Å². The largest absolute Gasteiger partial charge is 0.375 e. The summed E-state index contributed by atoms with van der Waals surface area (Å²) < 4.78 is 33.2. The van der Waals surface area contributed by atoms with E-state index < -0.39 is 10.1 Å². The van der Waals surface area contributed by atoms with Gasteiger partial charge in [0, 0.05) is 19.3 Å². The minimum atomic E-state index is -3.45. The van der Waals surface area contributed by atoms with E-state index in [9.17, 15) is 8.42 Å². The lowest BCUT2D eigenvalue weighted by molar-refractivity contribution is -1.08. The van der Waals surface area contributed by atoms with Crippen LogP contribution in [0.25, 0.3) is 0 Å². The fourth-order valence-corrected chi connectivity index (χ4v) is 3.28. The van der Waals surface area contributed by atoms with Gasteiger partial charge in [0.25, 0.3) is 0 Å². The molecule has 0 radical (unpaired) electrons. The standard InChI is InChI=1S/C9H19NO4S2/c1-13-9-4-3-5-10(8-9,6-7-15)14-16(2,11)12/h9H,3-8H2,1-2H3/p+1. The number of thiol groups is 1. The molecular formula is C9H20NO4S2+. The number of piperidine rings is 1. The third-order valence-corrected chi connectivity index (χ3v) is 3.55. The van der Waals surface area contributed by atoms with Crippen molar-refractivity contribution >= 4 is 22.7 Å². The molecule has 0 saturated carbocycles. The SMILES string of the molecule is COC1CCC[N+](CCS)(OS(C)(=O)=O)C1. The molecule has 1 heterocycles. The summed E-state index contributed by atoms with van der Waals surface area (Å²) in [5.41, 5.74) is 0. The molecule has 7 heteroatoms. The smallest absolute Gasteiger partial charge is 0.311 e. The van der Waals surface area contributed by atoms with Crippen molar-refractivity contribution in [2.75, 3.05) is 38.8 Å². The molecule has 1 aliphatic heterocycles. The summed E-state index contributed by atoms with van der Waals surface area (Å²) in [5, 5.41) is 0. The molecule has 2 unspecified atom stereocenters. The van der Waals surface area contributed by atoms with Crippen LogP contribution in [0.2, 0.25) is 0 Å². The number of likely N-dealkylation sites (tertiary alicyclic amines) is 1. The molecule has 0 N–H and O–H groups in total. The second kappa shape index (κ2) is 5.68. The second-order valence-electron chi connectivity index (χ2n) is 4.19. The first-order valence-electron chi connectivity index (χ1n) is 5.32. The van der Waals surface area contributed by atoms with Crippen molar-refractivity contribution in [3.8, 4) is 0 Å². The van der Waals surface area contributed by atoms with Crippen LogP contribution in [-0.4, -0.2) is 57.9 Å². The number of rotatable bonds is 5. The van der Waals surface area contributed by atoms with E-state index in [1.165, 1.54) is 0 Å². The summed E-state index contributed by atoms with van der Waals surface area (Å²) in [6.07, 6.45) is 3.01. The Kier molecular flexibility index (Phi) is 5.06. The summed E-state index contributed by atoms with van der Waals surface area (Å²) in [6, 6.07) is 0. The van der Waals surface area contributed by atoms with Crippen molar-refractivity contribution in [2.24, 2.45) is 0 Å². The third-order valence-electron chi connectivity index (χ3n) is 2.76. The van der Waals surface area contributed by atoms with Crippen LogP contribution in [0, 0.1) is 0 Å². The van der Waals surface area contributed by atoms with Crippen LogP contribution in [-0.2, 0) is 19.1 Å². The molecule has 1 rings (SSSR count). The summed E-state index contributed by atoms with van der Waals surface area (Å²) in [6.45, 7) is 1.85. The normalized spacial score (nSPS) is 31.6. The second-order valence-corrected chi connectivity index (χ2v) is 6.19. The Hall–Kier alpha value is 0.180. The van der Waals surface area contributed by atoms with Crippen LogP contribution in [0.1, 0.15) is 12.8 Å². The van der Waals surface area contributed by atoms with Gasteiger partial charge >= 0.3 is 10.1 Å². The number of methoxy groups -OCH3 is 1. The lowest BCUT2D eigenvalue weighted by Crippen LogP contribution is -2.57. The zero-order valence-corrected chi connectivity index (χ0v) is 11.5. The molecule has 1 aliphatic rings. The van der Waals surface area contributed by atoms with Crippen molar-refractivity contribution < 1.29 is 22.1 Å². The lowest BCUT2D eigenvalue weighted by Gasteiger charge is -2.39. The quantitative estimate of drug-likeness (QED) is 0.581. The van der Waals surface area contributed by atoms with Crippen LogP contribution in [0.4, 0.5) is 0 Å². The molecule has 16 heavy (non-hydrogen) atoms. The van der Waals surface area contributed by atoms with Crippen LogP contribution < -0.4 is 0 Å². The monoisotopic (exact) mass is 270 g/mol. The van der Waals surface area contributed by atoms with Gasteiger partial charge in [-0.25, -0.2) is 0 Å². The predicted molar refractivity (Wildman–Crippen MR) is 64.7 cm³/mol. The molecule has 1 fully saturated rings.